The fourth-order valence-corrected chi connectivity index (χ4v) is 3.74. The van der Waals surface area contributed by atoms with Crippen molar-refractivity contribution in [1.29, 1.82) is 0 Å². The van der Waals surface area contributed by atoms with Crippen molar-refractivity contribution in [3.8, 4) is 0 Å². The maximum absolute atomic E-state index is 12.2. The molecular formula is C12H14N2O4S. The van der Waals surface area contributed by atoms with E-state index in [1.165, 1.54) is 18.2 Å². The first-order valence-corrected chi connectivity index (χ1v) is 7.68. The van der Waals surface area contributed by atoms with Crippen LogP contribution in [0.1, 0.15) is 25.7 Å². The van der Waals surface area contributed by atoms with Crippen LogP contribution in [-0.2, 0) is 10.0 Å². The molecule has 19 heavy (non-hydrogen) atoms. The van der Waals surface area contributed by atoms with E-state index >= 15 is 0 Å². The molecule has 1 heterocycles. The van der Waals surface area contributed by atoms with Crippen LogP contribution in [0.25, 0.3) is 11.1 Å². The van der Waals surface area contributed by atoms with E-state index in [-0.39, 0.29) is 16.5 Å². The number of hydrogen-bond acceptors (Lipinski definition) is 4. The summed E-state index contributed by atoms with van der Waals surface area (Å²) in [6.07, 6.45) is 3.86. The van der Waals surface area contributed by atoms with Crippen molar-refractivity contribution in [3.63, 3.8) is 0 Å². The summed E-state index contributed by atoms with van der Waals surface area (Å²) in [7, 11) is -3.55. The Hall–Kier alpha value is -1.60. The van der Waals surface area contributed by atoms with Crippen LogP contribution in [0.4, 0.5) is 0 Å². The number of hydrogen-bond donors (Lipinski definition) is 2. The van der Waals surface area contributed by atoms with E-state index < -0.39 is 15.8 Å². The fraction of sp³-hybridized carbons (Fsp3) is 0.417. The molecule has 0 spiro atoms. The Morgan fingerprint density at radius 1 is 1.26 bits per heavy atom. The fourth-order valence-electron chi connectivity index (χ4n) is 2.42. The largest absolute Gasteiger partial charge is 0.417 e. The molecule has 0 aliphatic heterocycles. The van der Waals surface area contributed by atoms with Crippen molar-refractivity contribution in [1.82, 2.24) is 9.71 Å². The second-order valence-corrected chi connectivity index (χ2v) is 6.49. The van der Waals surface area contributed by atoms with Gasteiger partial charge in [0.1, 0.15) is 0 Å². The van der Waals surface area contributed by atoms with E-state index in [2.05, 4.69) is 9.71 Å². The van der Waals surface area contributed by atoms with E-state index in [1.54, 1.807) is 0 Å². The number of sulfonamides is 1. The van der Waals surface area contributed by atoms with Crippen LogP contribution in [0.2, 0.25) is 0 Å². The van der Waals surface area contributed by atoms with Gasteiger partial charge in [0, 0.05) is 12.1 Å². The van der Waals surface area contributed by atoms with Gasteiger partial charge < -0.3 is 4.42 Å². The van der Waals surface area contributed by atoms with Crippen molar-refractivity contribution in [2.24, 2.45) is 0 Å². The number of aromatic amines is 1. The van der Waals surface area contributed by atoms with Crippen LogP contribution in [0, 0.1) is 0 Å². The van der Waals surface area contributed by atoms with Crippen LogP contribution in [-0.4, -0.2) is 19.4 Å². The van der Waals surface area contributed by atoms with Gasteiger partial charge in [-0.05, 0) is 25.0 Å². The van der Waals surface area contributed by atoms with Gasteiger partial charge in [0.2, 0.25) is 10.0 Å². The molecule has 3 rings (SSSR count). The van der Waals surface area contributed by atoms with Crippen molar-refractivity contribution < 1.29 is 12.8 Å². The summed E-state index contributed by atoms with van der Waals surface area (Å²) in [5.74, 6) is -0.590. The SMILES string of the molecule is O=c1[nH]c2ccc(S(=O)(=O)NC3CCCC3)cc2o1. The first-order valence-electron chi connectivity index (χ1n) is 6.20. The maximum Gasteiger partial charge on any atom is 0.417 e. The summed E-state index contributed by atoms with van der Waals surface area (Å²) in [6, 6.07) is 4.37. The average molecular weight is 282 g/mol. The molecule has 1 aromatic heterocycles. The Morgan fingerprint density at radius 3 is 2.74 bits per heavy atom. The van der Waals surface area contributed by atoms with Crippen LogP contribution in [0.3, 0.4) is 0 Å². The highest BCUT2D eigenvalue weighted by Crippen LogP contribution is 2.21. The molecular weight excluding hydrogens is 268 g/mol. The van der Waals surface area contributed by atoms with Gasteiger partial charge >= 0.3 is 5.76 Å². The summed E-state index contributed by atoms with van der Waals surface area (Å²) < 4.78 is 32.0. The van der Waals surface area contributed by atoms with Gasteiger partial charge in [-0.25, -0.2) is 17.9 Å². The molecule has 1 aliphatic rings. The van der Waals surface area contributed by atoms with E-state index in [0.29, 0.717) is 5.52 Å². The molecule has 102 valence electrons. The summed E-state index contributed by atoms with van der Waals surface area (Å²) in [5.41, 5.74) is 0.740. The predicted molar refractivity (Wildman–Crippen MR) is 69.4 cm³/mol. The average Bonchev–Trinajstić information content (AvgIpc) is 2.95. The van der Waals surface area contributed by atoms with Crippen LogP contribution in [0.5, 0.6) is 0 Å². The van der Waals surface area contributed by atoms with Crippen molar-refractivity contribution in [3.05, 3.63) is 28.7 Å². The lowest BCUT2D eigenvalue weighted by molar-refractivity contribution is 0.547. The Morgan fingerprint density at radius 2 is 2.00 bits per heavy atom. The topological polar surface area (TPSA) is 92.2 Å². The van der Waals surface area contributed by atoms with Crippen LogP contribution >= 0.6 is 0 Å². The molecule has 0 radical (unpaired) electrons. The molecule has 0 saturated heterocycles. The van der Waals surface area contributed by atoms with Gasteiger partial charge in [0.15, 0.2) is 5.58 Å². The number of H-pyrrole nitrogens is 1. The third-order valence-corrected chi connectivity index (χ3v) is 4.90. The molecule has 2 N–H and O–H groups in total. The minimum Gasteiger partial charge on any atom is -0.408 e. The smallest absolute Gasteiger partial charge is 0.408 e. The number of benzene rings is 1. The number of oxazole rings is 1. The molecule has 1 saturated carbocycles. The van der Waals surface area contributed by atoms with Gasteiger partial charge in [-0.2, -0.15) is 0 Å². The molecule has 1 aliphatic carbocycles. The molecule has 0 bridgehead atoms. The van der Waals surface area contributed by atoms with Crippen molar-refractivity contribution in [2.75, 3.05) is 0 Å². The highest BCUT2D eigenvalue weighted by Gasteiger charge is 2.23. The molecule has 6 nitrogen and oxygen atoms in total. The number of fused-ring (bicyclic) bond motifs is 1. The number of nitrogens with one attached hydrogen (secondary N) is 2. The lowest BCUT2D eigenvalue weighted by atomic mass is 10.3. The summed E-state index contributed by atoms with van der Waals surface area (Å²) in [6.45, 7) is 0. The zero-order chi connectivity index (χ0) is 13.5. The maximum atomic E-state index is 12.2. The molecule has 0 amide bonds. The molecule has 0 unspecified atom stereocenters. The molecule has 1 fully saturated rings. The second kappa shape index (κ2) is 4.50. The Kier molecular flexibility index (Phi) is 2.94. The van der Waals surface area contributed by atoms with Gasteiger partial charge in [-0.1, -0.05) is 12.8 Å². The normalized spacial score (nSPS) is 17.3. The molecule has 1 aromatic carbocycles. The lowest BCUT2D eigenvalue weighted by Crippen LogP contribution is -2.32. The summed E-state index contributed by atoms with van der Waals surface area (Å²) in [4.78, 5) is 13.6. The Bertz CT molecular complexity index is 753. The van der Waals surface area contributed by atoms with E-state index in [9.17, 15) is 13.2 Å². The quantitative estimate of drug-likeness (QED) is 0.888. The molecule has 0 atom stereocenters. The zero-order valence-corrected chi connectivity index (χ0v) is 11.0. The zero-order valence-electron chi connectivity index (χ0n) is 10.2. The van der Waals surface area contributed by atoms with E-state index in [0.717, 1.165) is 25.7 Å². The van der Waals surface area contributed by atoms with Crippen molar-refractivity contribution in [2.45, 2.75) is 36.6 Å². The van der Waals surface area contributed by atoms with Crippen molar-refractivity contribution >= 4 is 21.1 Å². The third kappa shape index (κ3) is 2.43. The first kappa shape index (κ1) is 12.4. The standard InChI is InChI=1S/C12H14N2O4S/c15-12-13-10-6-5-9(7-11(10)18-12)19(16,17)14-8-3-1-2-4-8/h5-8,14H,1-4H2,(H,13,15). The number of aromatic nitrogens is 1. The minimum atomic E-state index is -3.55. The van der Waals surface area contributed by atoms with Gasteiger partial charge in [-0.15, -0.1) is 0 Å². The summed E-state index contributed by atoms with van der Waals surface area (Å²) >= 11 is 0. The van der Waals surface area contributed by atoms with E-state index in [1.807, 2.05) is 0 Å². The monoisotopic (exact) mass is 282 g/mol. The summed E-state index contributed by atoms with van der Waals surface area (Å²) in [5, 5.41) is 0. The molecule has 7 heteroatoms. The highest BCUT2D eigenvalue weighted by molar-refractivity contribution is 7.89. The van der Waals surface area contributed by atoms with E-state index in [4.69, 9.17) is 4.42 Å². The predicted octanol–water partition coefficient (Wildman–Crippen LogP) is 1.34. The van der Waals surface area contributed by atoms with Crippen LogP contribution in [0.15, 0.2) is 32.3 Å². The highest BCUT2D eigenvalue weighted by atomic mass is 32.2. The van der Waals surface area contributed by atoms with Crippen LogP contribution < -0.4 is 10.5 Å². The third-order valence-electron chi connectivity index (χ3n) is 3.38. The first-order chi connectivity index (χ1) is 9.04. The van der Waals surface area contributed by atoms with Gasteiger partial charge in [-0.3, -0.25) is 4.98 Å². The second-order valence-electron chi connectivity index (χ2n) is 4.78. The van der Waals surface area contributed by atoms with Gasteiger partial charge in [0.25, 0.3) is 0 Å². The molecule has 2 aromatic rings. The Labute approximate surface area is 109 Å². The lowest BCUT2D eigenvalue weighted by Gasteiger charge is -2.12. The van der Waals surface area contributed by atoms with Gasteiger partial charge in [0.05, 0.1) is 10.4 Å². The Balaban J connectivity index is 1.95. The number of rotatable bonds is 3. The minimum absolute atomic E-state index is 0.0129.